The van der Waals surface area contributed by atoms with E-state index >= 15 is 0 Å². The Kier molecular flexibility index (Phi) is 8.61. The Bertz CT molecular complexity index is 665. The summed E-state index contributed by atoms with van der Waals surface area (Å²) in [6.07, 6.45) is 0. The molecule has 24 heavy (non-hydrogen) atoms. The van der Waals surface area contributed by atoms with Crippen molar-refractivity contribution in [3.05, 3.63) is 64.7 Å². The fourth-order valence-corrected chi connectivity index (χ4v) is 2.18. The first-order valence-electron chi connectivity index (χ1n) is 7.51. The normalized spacial score (nSPS) is 11.3. The van der Waals surface area contributed by atoms with Crippen LogP contribution in [0.4, 0.5) is 0 Å². The van der Waals surface area contributed by atoms with Gasteiger partial charge in [-0.1, -0.05) is 29.8 Å². The summed E-state index contributed by atoms with van der Waals surface area (Å²) in [6, 6.07) is 14.9. The van der Waals surface area contributed by atoms with Crippen molar-refractivity contribution < 1.29 is 9.53 Å². The molecule has 0 heterocycles. The molecule has 0 aliphatic carbocycles. The van der Waals surface area contributed by atoms with Crippen molar-refractivity contribution in [2.75, 3.05) is 13.6 Å². The van der Waals surface area contributed by atoms with Crippen LogP contribution in [0, 0.1) is 0 Å². The third-order valence-corrected chi connectivity index (χ3v) is 3.69. The number of likely N-dealkylation sites (N-methyl/N-ethyl adjacent to an activating group) is 1. The molecule has 0 bridgehead atoms. The number of hydrogen-bond donors (Lipinski definition) is 2. The lowest BCUT2D eigenvalue weighted by Crippen LogP contribution is -2.37. The first-order chi connectivity index (χ1) is 11.1. The molecule has 0 saturated carbocycles. The summed E-state index contributed by atoms with van der Waals surface area (Å²) in [7, 11) is 1.86. The van der Waals surface area contributed by atoms with Crippen LogP contribution in [0.15, 0.2) is 48.5 Å². The van der Waals surface area contributed by atoms with Gasteiger partial charge in [0.1, 0.15) is 12.4 Å². The summed E-state index contributed by atoms with van der Waals surface area (Å²) in [5.41, 5.74) is 1.56. The van der Waals surface area contributed by atoms with Gasteiger partial charge in [-0.3, -0.25) is 4.79 Å². The fraction of sp³-hybridized carbons (Fsp3) is 0.278. The number of benzene rings is 2. The molecule has 0 fully saturated rings. The predicted molar refractivity (Wildman–Crippen MR) is 100 cm³/mol. The summed E-state index contributed by atoms with van der Waals surface area (Å²) in [4.78, 5) is 12.1. The number of amides is 1. The van der Waals surface area contributed by atoms with E-state index in [4.69, 9.17) is 16.3 Å². The van der Waals surface area contributed by atoms with E-state index in [0.29, 0.717) is 29.5 Å². The number of carbonyl (C=O) groups excluding carboxylic acids is 1. The van der Waals surface area contributed by atoms with Crippen molar-refractivity contribution in [1.29, 1.82) is 0 Å². The fourth-order valence-electron chi connectivity index (χ4n) is 1.97. The number of carbonyl (C=O) groups is 1. The Hall–Kier alpha value is -1.75. The second-order valence-electron chi connectivity index (χ2n) is 5.35. The van der Waals surface area contributed by atoms with E-state index in [1.807, 2.05) is 50.4 Å². The van der Waals surface area contributed by atoms with Gasteiger partial charge in [-0.25, -0.2) is 0 Å². The van der Waals surface area contributed by atoms with Gasteiger partial charge in [0.15, 0.2) is 0 Å². The van der Waals surface area contributed by atoms with E-state index in [1.54, 1.807) is 12.1 Å². The molecule has 0 spiro atoms. The van der Waals surface area contributed by atoms with Crippen LogP contribution in [0.2, 0.25) is 5.02 Å². The van der Waals surface area contributed by atoms with Crippen LogP contribution in [0.25, 0.3) is 0 Å². The topological polar surface area (TPSA) is 50.4 Å². The van der Waals surface area contributed by atoms with Crippen molar-refractivity contribution in [2.24, 2.45) is 0 Å². The van der Waals surface area contributed by atoms with Crippen molar-refractivity contribution >= 4 is 29.9 Å². The number of rotatable bonds is 7. The molecule has 2 aromatic carbocycles. The third-order valence-electron chi connectivity index (χ3n) is 3.45. The molecule has 2 aromatic rings. The van der Waals surface area contributed by atoms with E-state index in [0.717, 1.165) is 5.56 Å². The average molecular weight is 369 g/mol. The number of hydrogen-bond acceptors (Lipinski definition) is 3. The first-order valence-corrected chi connectivity index (χ1v) is 7.89. The van der Waals surface area contributed by atoms with E-state index in [-0.39, 0.29) is 24.4 Å². The summed E-state index contributed by atoms with van der Waals surface area (Å²) in [5, 5.41) is 6.64. The van der Waals surface area contributed by atoms with Gasteiger partial charge in [-0.15, -0.1) is 12.4 Å². The van der Waals surface area contributed by atoms with Gasteiger partial charge in [-0.2, -0.15) is 0 Å². The van der Waals surface area contributed by atoms with Crippen LogP contribution in [-0.2, 0) is 6.61 Å². The minimum atomic E-state index is -0.111. The van der Waals surface area contributed by atoms with Crippen LogP contribution in [-0.4, -0.2) is 25.5 Å². The lowest BCUT2D eigenvalue weighted by molar-refractivity contribution is 0.0950. The quantitative estimate of drug-likeness (QED) is 0.783. The monoisotopic (exact) mass is 368 g/mol. The Balaban J connectivity index is 0.00000288. The summed E-state index contributed by atoms with van der Waals surface area (Å²) in [6.45, 7) is 2.98. The lowest BCUT2D eigenvalue weighted by atomic mass is 10.2. The molecular formula is C18H22Cl2N2O2. The standard InChI is InChI=1S/C18H21ClN2O2.ClH/c1-13(20-2)11-21-18(22)15-6-4-8-17(10-15)23-12-14-5-3-7-16(19)9-14;/h3-10,13,20H,11-12H2,1-2H3,(H,21,22);1H. The van der Waals surface area contributed by atoms with E-state index in [2.05, 4.69) is 10.6 Å². The van der Waals surface area contributed by atoms with Gasteiger partial charge < -0.3 is 15.4 Å². The second kappa shape index (κ2) is 10.2. The van der Waals surface area contributed by atoms with Gasteiger partial charge in [0.25, 0.3) is 5.91 Å². The molecule has 0 saturated heterocycles. The molecular weight excluding hydrogens is 347 g/mol. The van der Waals surface area contributed by atoms with Crippen LogP contribution < -0.4 is 15.4 Å². The van der Waals surface area contributed by atoms with Gasteiger partial charge in [0.05, 0.1) is 0 Å². The number of ether oxygens (including phenoxy) is 1. The smallest absolute Gasteiger partial charge is 0.251 e. The van der Waals surface area contributed by atoms with E-state index in [9.17, 15) is 4.79 Å². The molecule has 4 nitrogen and oxygen atoms in total. The molecule has 1 amide bonds. The zero-order valence-electron chi connectivity index (χ0n) is 13.7. The molecule has 0 aliphatic rings. The molecule has 2 rings (SSSR count). The molecule has 130 valence electrons. The predicted octanol–water partition coefficient (Wildman–Crippen LogP) is 3.68. The Morgan fingerprint density at radius 1 is 1.21 bits per heavy atom. The number of nitrogens with one attached hydrogen (secondary N) is 2. The summed E-state index contributed by atoms with van der Waals surface area (Å²) in [5.74, 6) is 0.541. The molecule has 1 unspecified atom stereocenters. The van der Waals surface area contributed by atoms with Crippen molar-refractivity contribution in [3.63, 3.8) is 0 Å². The van der Waals surface area contributed by atoms with E-state index in [1.165, 1.54) is 0 Å². The highest BCUT2D eigenvalue weighted by molar-refractivity contribution is 6.30. The van der Waals surface area contributed by atoms with Gasteiger partial charge in [-0.05, 0) is 49.9 Å². The first kappa shape index (κ1) is 20.3. The van der Waals surface area contributed by atoms with Crippen LogP contribution >= 0.6 is 24.0 Å². The maximum Gasteiger partial charge on any atom is 0.251 e. The molecule has 6 heteroatoms. The number of halogens is 2. The van der Waals surface area contributed by atoms with Gasteiger partial charge in [0, 0.05) is 23.2 Å². The highest BCUT2D eigenvalue weighted by Gasteiger charge is 2.08. The van der Waals surface area contributed by atoms with Crippen LogP contribution in [0.1, 0.15) is 22.8 Å². The Labute approximate surface area is 154 Å². The molecule has 1 atom stereocenters. The summed E-state index contributed by atoms with van der Waals surface area (Å²) >= 11 is 5.95. The maximum absolute atomic E-state index is 12.1. The molecule has 0 aliphatic heterocycles. The Morgan fingerprint density at radius 3 is 2.67 bits per heavy atom. The maximum atomic E-state index is 12.1. The average Bonchev–Trinajstić information content (AvgIpc) is 2.58. The van der Waals surface area contributed by atoms with Gasteiger partial charge in [0.2, 0.25) is 0 Å². The zero-order valence-corrected chi connectivity index (χ0v) is 15.3. The molecule has 2 N–H and O–H groups in total. The highest BCUT2D eigenvalue weighted by atomic mass is 35.5. The van der Waals surface area contributed by atoms with Crippen molar-refractivity contribution in [3.8, 4) is 5.75 Å². The highest BCUT2D eigenvalue weighted by Crippen LogP contribution is 2.17. The Morgan fingerprint density at radius 2 is 1.96 bits per heavy atom. The van der Waals surface area contributed by atoms with Crippen molar-refractivity contribution in [2.45, 2.75) is 19.6 Å². The molecule has 0 radical (unpaired) electrons. The SMILES string of the molecule is CNC(C)CNC(=O)c1cccc(OCc2cccc(Cl)c2)c1.Cl. The van der Waals surface area contributed by atoms with Crippen LogP contribution in [0.5, 0.6) is 5.75 Å². The minimum Gasteiger partial charge on any atom is -0.489 e. The largest absolute Gasteiger partial charge is 0.489 e. The molecule has 0 aromatic heterocycles. The minimum absolute atomic E-state index is 0. The third kappa shape index (κ3) is 6.40. The van der Waals surface area contributed by atoms with Gasteiger partial charge >= 0.3 is 0 Å². The lowest BCUT2D eigenvalue weighted by Gasteiger charge is -2.12. The van der Waals surface area contributed by atoms with Crippen LogP contribution in [0.3, 0.4) is 0 Å². The summed E-state index contributed by atoms with van der Waals surface area (Å²) < 4.78 is 5.73. The van der Waals surface area contributed by atoms with E-state index < -0.39 is 0 Å². The second-order valence-corrected chi connectivity index (χ2v) is 5.78. The van der Waals surface area contributed by atoms with Crippen molar-refractivity contribution in [1.82, 2.24) is 10.6 Å². The zero-order chi connectivity index (χ0) is 16.7.